The monoisotopic (exact) mass is 205 g/mol. The van der Waals surface area contributed by atoms with E-state index in [0.717, 1.165) is 16.1 Å². The molecular weight excluding hydrogens is 194 g/mol. The highest BCUT2D eigenvalue weighted by Gasteiger charge is 2.07. The maximum absolute atomic E-state index is 11.2. The molecule has 0 aliphatic rings. The first-order valence-electron chi connectivity index (χ1n) is 4.44. The van der Waals surface area contributed by atoms with Crippen molar-refractivity contribution < 1.29 is 0 Å². The molecule has 0 unspecified atom stereocenters. The predicted molar refractivity (Wildman–Crippen MR) is 59.8 cm³/mol. The van der Waals surface area contributed by atoms with E-state index in [1.807, 2.05) is 38.1 Å². The van der Waals surface area contributed by atoms with Gasteiger partial charge in [0, 0.05) is 10.4 Å². The molecule has 0 spiro atoms. The van der Waals surface area contributed by atoms with E-state index in [9.17, 15) is 4.79 Å². The smallest absolute Gasteiger partial charge is 0.305 e. The van der Waals surface area contributed by atoms with Crippen molar-refractivity contribution in [3.8, 4) is 11.3 Å². The number of thiazole rings is 1. The molecule has 2 rings (SSSR count). The fraction of sp³-hybridized carbons (Fsp3) is 0.182. The number of H-pyrrole nitrogens is 1. The van der Waals surface area contributed by atoms with Gasteiger partial charge in [-0.1, -0.05) is 35.6 Å². The topological polar surface area (TPSA) is 32.9 Å². The molecular formula is C11H11NOS. The first-order chi connectivity index (χ1) is 6.68. The molecule has 0 saturated heterocycles. The molecule has 1 N–H and O–H groups in total. The normalized spacial score (nSPS) is 10.4. The van der Waals surface area contributed by atoms with Gasteiger partial charge >= 0.3 is 4.87 Å². The molecule has 2 nitrogen and oxygen atoms in total. The minimum atomic E-state index is 0.0146. The Balaban J connectivity index is 2.66. The van der Waals surface area contributed by atoms with Gasteiger partial charge in [-0.2, -0.15) is 0 Å². The van der Waals surface area contributed by atoms with Gasteiger partial charge in [-0.25, -0.2) is 0 Å². The van der Waals surface area contributed by atoms with Crippen molar-refractivity contribution in [2.45, 2.75) is 13.8 Å². The van der Waals surface area contributed by atoms with Crippen LogP contribution in [-0.2, 0) is 0 Å². The number of hydrogen-bond acceptors (Lipinski definition) is 2. The fourth-order valence-corrected chi connectivity index (χ4v) is 2.21. The van der Waals surface area contributed by atoms with Gasteiger partial charge in [0.1, 0.15) is 0 Å². The van der Waals surface area contributed by atoms with Crippen molar-refractivity contribution in [2.24, 2.45) is 0 Å². The molecule has 0 amide bonds. The molecule has 0 radical (unpaired) electrons. The Bertz CT molecular complexity index is 510. The molecule has 0 fully saturated rings. The molecule has 0 bridgehead atoms. The third kappa shape index (κ3) is 1.51. The zero-order valence-corrected chi connectivity index (χ0v) is 8.94. The lowest BCUT2D eigenvalue weighted by Gasteiger charge is -2.02. The molecule has 72 valence electrons. The summed E-state index contributed by atoms with van der Waals surface area (Å²) >= 11 is 1.26. The zero-order valence-electron chi connectivity index (χ0n) is 8.13. The molecule has 2 aromatic rings. The minimum Gasteiger partial charge on any atom is -0.312 e. The third-order valence-corrected chi connectivity index (χ3v) is 3.04. The van der Waals surface area contributed by atoms with Gasteiger partial charge in [0.25, 0.3) is 0 Å². The minimum absolute atomic E-state index is 0.0146. The highest BCUT2D eigenvalue weighted by atomic mass is 32.1. The highest BCUT2D eigenvalue weighted by molar-refractivity contribution is 7.09. The number of aromatic amines is 1. The number of rotatable bonds is 1. The van der Waals surface area contributed by atoms with Crippen LogP contribution in [0.5, 0.6) is 0 Å². The summed E-state index contributed by atoms with van der Waals surface area (Å²) in [6.45, 7) is 4.01. The van der Waals surface area contributed by atoms with Crippen molar-refractivity contribution in [3.05, 3.63) is 44.4 Å². The van der Waals surface area contributed by atoms with E-state index in [4.69, 9.17) is 0 Å². The zero-order chi connectivity index (χ0) is 10.1. The largest absolute Gasteiger partial charge is 0.312 e. The van der Waals surface area contributed by atoms with Crippen molar-refractivity contribution >= 4 is 11.3 Å². The van der Waals surface area contributed by atoms with Crippen LogP contribution in [0.25, 0.3) is 11.3 Å². The standard InChI is InChI=1S/C11H11NOS/c1-7-5-3-4-6-9(7)10-8(2)14-11(13)12-10/h3-6H,1-2H3,(H,12,13). The van der Waals surface area contributed by atoms with E-state index >= 15 is 0 Å². The summed E-state index contributed by atoms with van der Waals surface area (Å²) in [6.07, 6.45) is 0. The first kappa shape index (κ1) is 9.21. The summed E-state index contributed by atoms with van der Waals surface area (Å²) in [5.41, 5.74) is 3.26. The lowest BCUT2D eigenvalue weighted by molar-refractivity contribution is 1.30. The average Bonchev–Trinajstić information content (AvgIpc) is 2.46. The Morgan fingerprint density at radius 3 is 2.50 bits per heavy atom. The van der Waals surface area contributed by atoms with Crippen LogP contribution in [0.4, 0.5) is 0 Å². The van der Waals surface area contributed by atoms with Crippen LogP contribution in [0.3, 0.4) is 0 Å². The second-order valence-electron chi connectivity index (χ2n) is 3.26. The maximum Gasteiger partial charge on any atom is 0.305 e. The van der Waals surface area contributed by atoms with Crippen LogP contribution >= 0.6 is 11.3 Å². The summed E-state index contributed by atoms with van der Waals surface area (Å²) in [5, 5.41) is 0. The van der Waals surface area contributed by atoms with Crippen LogP contribution in [0.15, 0.2) is 29.1 Å². The van der Waals surface area contributed by atoms with Crippen molar-refractivity contribution in [1.82, 2.24) is 4.98 Å². The quantitative estimate of drug-likeness (QED) is 0.763. The molecule has 0 saturated carbocycles. The van der Waals surface area contributed by atoms with Gasteiger partial charge in [0.2, 0.25) is 0 Å². The lowest BCUT2D eigenvalue weighted by Crippen LogP contribution is -1.93. The van der Waals surface area contributed by atoms with Crippen molar-refractivity contribution in [1.29, 1.82) is 0 Å². The van der Waals surface area contributed by atoms with Gasteiger partial charge in [-0.3, -0.25) is 4.79 Å². The van der Waals surface area contributed by atoms with E-state index in [1.165, 1.54) is 16.9 Å². The Labute approximate surface area is 86.2 Å². The molecule has 1 heterocycles. The highest BCUT2D eigenvalue weighted by Crippen LogP contribution is 2.24. The van der Waals surface area contributed by atoms with Crippen LogP contribution < -0.4 is 4.87 Å². The Morgan fingerprint density at radius 2 is 1.93 bits per heavy atom. The summed E-state index contributed by atoms with van der Waals surface area (Å²) < 4.78 is 0. The van der Waals surface area contributed by atoms with Crippen LogP contribution in [-0.4, -0.2) is 4.98 Å². The van der Waals surface area contributed by atoms with Gasteiger partial charge in [0.15, 0.2) is 0 Å². The summed E-state index contributed by atoms with van der Waals surface area (Å²) in [5.74, 6) is 0. The fourth-order valence-electron chi connectivity index (χ4n) is 1.52. The van der Waals surface area contributed by atoms with Gasteiger partial charge in [-0.05, 0) is 19.4 Å². The Kier molecular flexibility index (Phi) is 2.25. The summed E-state index contributed by atoms with van der Waals surface area (Å²) in [7, 11) is 0. The van der Waals surface area contributed by atoms with E-state index in [2.05, 4.69) is 4.98 Å². The Hall–Kier alpha value is -1.35. The summed E-state index contributed by atoms with van der Waals surface area (Å²) in [6, 6.07) is 8.06. The lowest BCUT2D eigenvalue weighted by atomic mass is 10.1. The molecule has 1 aromatic carbocycles. The first-order valence-corrected chi connectivity index (χ1v) is 5.26. The number of nitrogens with one attached hydrogen (secondary N) is 1. The second-order valence-corrected chi connectivity index (χ2v) is 4.45. The molecule has 14 heavy (non-hydrogen) atoms. The summed E-state index contributed by atoms with van der Waals surface area (Å²) in [4.78, 5) is 15.1. The molecule has 0 aliphatic carbocycles. The number of benzene rings is 1. The SMILES string of the molecule is Cc1ccccc1-c1[nH]c(=O)sc1C. The van der Waals surface area contributed by atoms with E-state index < -0.39 is 0 Å². The van der Waals surface area contributed by atoms with Crippen molar-refractivity contribution in [2.75, 3.05) is 0 Å². The second kappa shape index (κ2) is 3.42. The molecule has 1 aromatic heterocycles. The van der Waals surface area contributed by atoms with E-state index in [-0.39, 0.29) is 4.87 Å². The van der Waals surface area contributed by atoms with Gasteiger partial charge in [-0.15, -0.1) is 0 Å². The van der Waals surface area contributed by atoms with E-state index in [1.54, 1.807) is 0 Å². The van der Waals surface area contributed by atoms with Crippen LogP contribution in [0.1, 0.15) is 10.4 Å². The van der Waals surface area contributed by atoms with Gasteiger partial charge < -0.3 is 4.98 Å². The Morgan fingerprint density at radius 1 is 1.21 bits per heavy atom. The average molecular weight is 205 g/mol. The predicted octanol–water partition coefficient (Wildman–Crippen LogP) is 2.72. The number of hydrogen-bond donors (Lipinski definition) is 1. The number of aryl methyl sites for hydroxylation is 2. The number of aromatic nitrogens is 1. The molecule has 0 atom stereocenters. The van der Waals surface area contributed by atoms with Gasteiger partial charge in [0.05, 0.1) is 5.69 Å². The maximum atomic E-state index is 11.2. The molecule has 3 heteroatoms. The van der Waals surface area contributed by atoms with E-state index in [0.29, 0.717) is 0 Å². The van der Waals surface area contributed by atoms with Crippen LogP contribution in [0.2, 0.25) is 0 Å². The van der Waals surface area contributed by atoms with Crippen molar-refractivity contribution in [3.63, 3.8) is 0 Å². The van der Waals surface area contributed by atoms with Crippen LogP contribution in [0, 0.1) is 13.8 Å². The third-order valence-electron chi connectivity index (χ3n) is 2.24. The molecule has 0 aliphatic heterocycles.